The van der Waals surface area contributed by atoms with Gasteiger partial charge in [0.2, 0.25) is 5.91 Å². The Balaban J connectivity index is 2.49. The molecule has 3 amide bonds. The van der Waals surface area contributed by atoms with Gasteiger partial charge in [-0.25, -0.2) is 4.79 Å². The minimum atomic E-state index is -0.469. The molecule has 0 saturated heterocycles. The molecule has 0 bridgehead atoms. The molecular weight excluding hydrogens is 258 g/mol. The number of hydrogen-bond acceptors (Lipinski definition) is 4. The van der Waals surface area contributed by atoms with Crippen LogP contribution in [-0.4, -0.2) is 44.1 Å². The summed E-state index contributed by atoms with van der Waals surface area (Å²) in [6.07, 6.45) is 0. The van der Waals surface area contributed by atoms with Crippen molar-refractivity contribution in [2.75, 3.05) is 27.2 Å². The Morgan fingerprint density at radius 2 is 2.00 bits per heavy atom. The fourth-order valence-corrected chi connectivity index (χ4v) is 1.80. The number of benzene rings is 1. The number of nitrogens with zero attached hydrogens (tertiary/aromatic N) is 1. The van der Waals surface area contributed by atoms with Crippen LogP contribution in [0.2, 0.25) is 0 Å². The Morgan fingerprint density at radius 1 is 1.30 bits per heavy atom. The van der Waals surface area contributed by atoms with Crippen LogP contribution in [0.3, 0.4) is 0 Å². The number of para-hydroxylation sites is 1. The van der Waals surface area contributed by atoms with Crippen LogP contribution < -0.4 is 15.4 Å². The van der Waals surface area contributed by atoms with Crippen molar-refractivity contribution in [3.05, 3.63) is 29.8 Å². The molecule has 0 heterocycles. The highest BCUT2D eigenvalue weighted by atomic mass is 16.5. The number of likely N-dealkylation sites (N-methyl/N-ethyl adjacent to an activating group) is 1. The van der Waals surface area contributed by atoms with E-state index in [1.165, 1.54) is 0 Å². The summed E-state index contributed by atoms with van der Waals surface area (Å²) in [5.41, 5.74) is 0.989. The highest BCUT2D eigenvalue weighted by Crippen LogP contribution is 2.18. The molecule has 0 aliphatic carbocycles. The molecule has 1 aromatic rings. The highest BCUT2D eigenvalue weighted by molar-refractivity contribution is 5.95. The molecule has 0 aliphatic heterocycles. The van der Waals surface area contributed by atoms with Crippen molar-refractivity contribution in [2.45, 2.75) is 13.5 Å². The first-order valence-electron chi connectivity index (χ1n) is 6.45. The van der Waals surface area contributed by atoms with E-state index in [-0.39, 0.29) is 12.5 Å². The highest BCUT2D eigenvalue weighted by Gasteiger charge is 2.11. The molecule has 0 radical (unpaired) electrons. The van der Waals surface area contributed by atoms with E-state index in [9.17, 15) is 9.59 Å². The van der Waals surface area contributed by atoms with E-state index in [0.717, 1.165) is 11.3 Å². The van der Waals surface area contributed by atoms with Gasteiger partial charge in [-0.1, -0.05) is 18.2 Å². The number of urea groups is 1. The number of methoxy groups -OCH3 is 1. The molecule has 0 aromatic heterocycles. The topological polar surface area (TPSA) is 70.7 Å². The van der Waals surface area contributed by atoms with E-state index >= 15 is 0 Å². The minimum absolute atomic E-state index is 0.134. The molecule has 2 N–H and O–H groups in total. The average molecular weight is 279 g/mol. The van der Waals surface area contributed by atoms with Gasteiger partial charge in [-0.15, -0.1) is 0 Å². The van der Waals surface area contributed by atoms with Gasteiger partial charge in [0.25, 0.3) is 0 Å². The number of carbonyl (C=O) groups excluding carboxylic acids is 2. The molecule has 6 nitrogen and oxygen atoms in total. The maximum absolute atomic E-state index is 11.6. The second-order valence-corrected chi connectivity index (χ2v) is 4.39. The van der Waals surface area contributed by atoms with Crippen molar-refractivity contribution in [1.82, 2.24) is 15.5 Å². The Morgan fingerprint density at radius 3 is 2.65 bits per heavy atom. The first-order chi connectivity index (χ1) is 9.56. The molecule has 0 spiro atoms. The van der Waals surface area contributed by atoms with Crippen LogP contribution in [0.1, 0.15) is 12.5 Å². The van der Waals surface area contributed by atoms with Crippen LogP contribution >= 0.6 is 0 Å². The summed E-state index contributed by atoms with van der Waals surface area (Å²) in [6.45, 7) is 2.97. The predicted octanol–water partition coefficient (Wildman–Crippen LogP) is 0.973. The van der Waals surface area contributed by atoms with Crippen molar-refractivity contribution >= 4 is 11.9 Å². The van der Waals surface area contributed by atoms with Crippen LogP contribution in [0.25, 0.3) is 0 Å². The predicted molar refractivity (Wildman–Crippen MR) is 76.5 cm³/mol. The Hall–Kier alpha value is -2.08. The molecule has 6 heteroatoms. The van der Waals surface area contributed by atoms with E-state index in [2.05, 4.69) is 10.6 Å². The Labute approximate surface area is 119 Å². The fraction of sp³-hybridized carbons (Fsp3) is 0.429. The minimum Gasteiger partial charge on any atom is -0.496 e. The number of rotatable bonds is 6. The monoisotopic (exact) mass is 279 g/mol. The second-order valence-electron chi connectivity index (χ2n) is 4.39. The molecular formula is C14H21N3O3. The Kier molecular flexibility index (Phi) is 6.52. The number of hydrogen-bond donors (Lipinski definition) is 2. The summed E-state index contributed by atoms with van der Waals surface area (Å²) < 4.78 is 5.26. The summed E-state index contributed by atoms with van der Waals surface area (Å²) in [7, 11) is 3.42. The van der Waals surface area contributed by atoms with E-state index in [1.54, 1.807) is 14.0 Å². The molecule has 1 rings (SSSR count). The summed E-state index contributed by atoms with van der Waals surface area (Å²) in [5.74, 6) is 0.442. The third-order valence-corrected chi connectivity index (χ3v) is 2.64. The third-order valence-electron chi connectivity index (χ3n) is 2.64. The van der Waals surface area contributed by atoms with Crippen LogP contribution in [0.4, 0.5) is 4.79 Å². The van der Waals surface area contributed by atoms with E-state index in [4.69, 9.17) is 4.74 Å². The zero-order chi connectivity index (χ0) is 15.0. The molecule has 0 fully saturated rings. The lowest BCUT2D eigenvalue weighted by molar-refractivity contribution is -0.120. The molecule has 0 saturated carbocycles. The van der Waals surface area contributed by atoms with Gasteiger partial charge in [0, 0.05) is 18.7 Å². The molecule has 0 atom stereocenters. The quantitative estimate of drug-likeness (QED) is 0.814. The standard InChI is InChI=1S/C14H21N3O3/c1-4-15-14(19)16-13(18)10-17(2)9-11-7-5-6-8-12(11)20-3/h5-8H,4,9-10H2,1-3H3,(H2,15,16,18,19). The zero-order valence-electron chi connectivity index (χ0n) is 12.1. The maximum Gasteiger partial charge on any atom is 0.321 e. The van der Waals surface area contributed by atoms with Crippen molar-refractivity contribution < 1.29 is 14.3 Å². The first-order valence-corrected chi connectivity index (χ1v) is 6.45. The lowest BCUT2D eigenvalue weighted by atomic mass is 10.2. The van der Waals surface area contributed by atoms with Crippen LogP contribution in [-0.2, 0) is 11.3 Å². The number of amides is 3. The molecule has 20 heavy (non-hydrogen) atoms. The van der Waals surface area contributed by atoms with Gasteiger partial charge in [-0.2, -0.15) is 0 Å². The van der Waals surface area contributed by atoms with Gasteiger partial charge in [-0.05, 0) is 20.0 Å². The van der Waals surface area contributed by atoms with E-state index in [0.29, 0.717) is 13.1 Å². The molecule has 110 valence electrons. The van der Waals surface area contributed by atoms with Crippen molar-refractivity contribution in [3.63, 3.8) is 0 Å². The SMILES string of the molecule is CCNC(=O)NC(=O)CN(C)Cc1ccccc1OC. The van der Waals surface area contributed by atoms with E-state index in [1.807, 2.05) is 36.2 Å². The number of ether oxygens (including phenoxy) is 1. The zero-order valence-corrected chi connectivity index (χ0v) is 12.1. The first kappa shape index (κ1) is 16.0. The summed E-state index contributed by atoms with van der Waals surface area (Å²) in [4.78, 5) is 24.7. The fourth-order valence-electron chi connectivity index (χ4n) is 1.80. The smallest absolute Gasteiger partial charge is 0.321 e. The van der Waals surface area contributed by atoms with Crippen LogP contribution in [0, 0.1) is 0 Å². The normalized spacial score (nSPS) is 10.2. The average Bonchev–Trinajstić information content (AvgIpc) is 2.39. The van der Waals surface area contributed by atoms with Crippen molar-refractivity contribution in [1.29, 1.82) is 0 Å². The number of imide groups is 1. The molecule has 0 aliphatic rings. The van der Waals surface area contributed by atoms with Gasteiger partial charge in [0.15, 0.2) is 0 Å². The van der Waals surface area contributed by atoms with Crippen molar-refractivity contribution in [2.24, 2.45) is 0 Å². The lowest BCUT2D eigenvalue weighted by Gasteiger charge is -2.17. The van der Waals surface area contributed by atoms with Gasteiger partial charge < -0.3 is 10.1 Å². The number of carbonyl (C=O) groups is 2. The number of nitrogens with one attached hydrogen (secondary N) is 2. The summed E-state index contributed by atoms with van der Waals surface area (Å²) >= 11 is 0. The van der Waals surface area contributed by atoms with Gasteiger partial charge in [0.1, 0.15) is 5.75 Å². The molecule has 0 unspecified atom stereocenters. The lowest BCUT2D eigenvalue weighted by Crippen LogP contribution is -2.43. The summed E-state index contributed by atoms with van der Waals surface area (Å²) in [6, 6.07) is 7.16. The van der Waals surface area contributed by atoms with Crippen molar-refractivity contribution in [3.8, 4) is 5.75 Å². The largest absolute Gasteiger partial charge is 0.496 e. The van der Waals surface area contributed by atoms with Gasteiger partial charge in [-0.3, -0.25) is 15.0 Å². The van der Waals surface area contributed by atoms with Crippen LogP contribution in [0.15, 0.2) is 24.3 Å². The van der Waals surface area contributed by atoms with Gasteiger partial charge >= 0.3 is 6.03 Å². The van der Waals surface area contributed by atoms with Gasteiger partial charge in [0.05, 0.1) is 13.7 Å². The van der Waals surface area contributed by atoms with Crippen LogP contribution in [0.5, 0.6) is 5.75 Å². The second kappa shape index (κ2) is 8.16. The maximum atomic E-state index is 11.6. The molecule has 1 aromatic carbocycles. The van der Waals surface area contributed by atoms with E-state index < -0.39 is 6.03 Å². The Bertz CT molecular complexity index is 463. The third kappa shape index (κ3) is 5.27. The summed E-state index contributed by atoms with van der Waals surface area (Å²) in [5, 5.41) is 4.77.